The van der Waals surface area contributed by atoms with Crippen molar-refractivity contribution >= 4 is 5.97 Å². The van der Waals surface area contributed by atoms with Gasteiger partial charge < -0.3 is 19.9 Å². The van der Waals surface area contributed by atoms with Crippen molar-refractivity contribution in [3.05, 3.63) is 71.2 Å². The van der Waals surface area contributed by atoms with Crippen LogP contribution < -0.4 is 10.5 Å². The van der Waals surface area contributed by atoms with Crippen LogP contribution in [0.25, 0.3) is 0 Å². The monoisotopic (exact) mass is 378 g/mol. The van der Waals surface area contributed by atoms with Gasteiger partial charge in [0.2, 0.25) is 11.8 Å². The van der Waals surface area contributed by atoms with E-state index in [-0.39, 0.29) is 23.6 Å². The van der Waals surface area contributed by atoms with Gasteiger partial charge >= 0.3 is 5.97 Å². The number of hydrogen-bond acceptors (Lipinski definition) is 8. The smallest absolute Gasteiger partial charge is 0.338 e. The Labute approximate surface area is 161 Å². The van der Waals surface area contributed by atoms with Crippen LogP contribution in [0.15, 0.2) is 65.6 Å². The van der Waals surface area contributed by atoms with E-state index in [0.717, 1.165) is 0 Å². The van der Waals surface area contributed by atoms with Crippen molar-refractivity contribution in [3.8, 4) is 17.7 Å². The molecule has 8 nitrogen and oxygen atoms in total. The second-order valence-corrected chi connectivity index (χ2v) is 5.83. The van der Waals surface area contributed by atoms with E-state index in [1.165, 1.54) is 12.4 Å². The summed E-state index contributed by atoms with van der Waals surface area (Å²) in [5.41, 5.74) is 6.96. The van der Waals surface area contributed by atoms with E-state index in [1.807, 2.05) is 6.07 Å². The zero-order chi connectivity index (χ0) is 20.1. The van der Waals surface area contributed by atoms with Gasteiger partial charge in [-0.2, -0.15) is 5.26 Å². The van der Waals surface area contributed by atoms with Crippen LogP contribution in [0.3, 0.4) is 0 Å². The molecule has 1 aliphatic heterocycles. The molecule has 0 bridgehead atoms. The highest BCUT2D eigenvalue weighted by Crippen LogP contribution is 2.40. The SMILES string of the molecule is CCOC(=O)C1=C(C)OC(N)=C(C#N)C1c1ccc(Oc2cnccn2)cc1. The Balaban J connectivity index is 1.96. The van der Waals surface area contributed by atoms with Crippen molar-refractivity contribution in [1.29, 1.82) is 5.26 Å². The number of carbonyl (C=O) groups is 1. The maximum absolute atomic E-state index is 12.5. The van der Waals surface area contributed by atoms with Gasteiger partial charge in [-0.05, 0) is 31.5 Å². The summed E-state index contributed by atoms with van der Waals surface area (Å²) in [7, 11) is 0. The van der Waals surface area contributed by atoms with Crippen molar-refractivity contribution in [2.75, 3.05) is 6.61 Å². The minimum atomic E-state index is -0.691. The van der Waals surface area contributed by atoms with Gasteiger partial charge in [-0.1, -0.05) is 12.1 Å². The Kier molecular flexibility index (Phi) is 5.56. The molecule has 0 amide bonds. The number of hydrogen-bond donors (Lipinski definition) is 1. The number of allylic oxidation sites excluding steroid dienone is 2. The molecule has 2 N–H and O–H groups in total. The zero-order valence-corrected chi connectivity index (χ0v) is 15.4. The van der Waals surface area contributed by atoms with Crippen molar-refractivity contribution in [2.24, 2.45) is 5.73 Å². The molecule has 0 saturated carbocycles. The highest BCUT2D eigenvalue weighted by molar-refractivity contribution is 5.92. The molecule has 0 radical (unpaired) electrons. The Morgan fingerprint density at radius 2 is 2.07 bits per heavy atom. The lowest BCUT2D eigenvalue weighted by molar-refractivity contribution is -0.139. The van der Waals surface area contributed by atoms with E-state index in [0.29, 0.717) is 23.0 Å². The third-order valence-corrected chi connectivity index (χ3v) is 4.08. The molecule has 8 heteroatoms. The molecule has 28 heavy (non-hydrogen) atoms. The quantitative estimate of drug-likeness (QED) is 0.789. The van der Waals surface area contributed by atoms with Crippen LogP contribution in [0.5, 0.6) is 11.6 Å². The van der Waals surface area contributed by atoms with Gasteiger partial charge in [-0.15, -0.1) is 0 Å². The van der Waals surface area contributed by atoms with Gasteiger partial charge in [0, 0.05) is 12.4 Å². The molecule has 1 aliphatic rings. The highest BCUT2D eigenvalue weighted by Gasteiger charge is 2.36. The Hall–Kier alpha value is -3.86. The fourth-order valence-electron chi connectivity index (χ4n) is 2.88. The summed E-state index contributed by atoms with van der Waals surface area (Å²) < 4.78 is 16.2. The van der Waals surface area contributed by atoms with Crippen LogP contribution >= 0.6 is 0 Å². The number of nitriles is 1. The molecule has 0 saturated heterocycles. The fourth-order valence-corrected chi connectivity index (χ4v) is 2.88. The summed E-state index contributed by atoms with van der Waals surface area (Å²) in [5, 5.41) is 9.58. The Bertz CT molecular complexity index is 976. The first-order valence-corrected chi connectivity index (χ1v) is 8.54. The van der Waals surface area contributed by atoms with Crippen molar-refractivity contribution in [2.45, 2.75) is 19.8 Å². The van der Waals surface area contributed by atoms with Gasteiger partial charge in [0.1, 0.15) is 23.2 Å². The maximum Gasteiger partial charge on any atom is 0.338 e. The first-order chi connectivity index (χ1) is 13.5. The number of rotatable bonds is 5. The van der Waals surface area contributed by atoms with Crippen LogP contribution in [-0.4, -0.2) is 22.5 Å². The average molecular weight is 378 g/mol. The largest absolute Gasteiger partial charge is 0.463 e. The summed E-state index contributed by atoms with van der Waals surface area (Å²) in [6, 6.07) is 8.96. The van der Waals surface area contributed by atoms with Gasteiger partial charge in [-0.25, -0.2) is 9.78 Å². The summed E-state index contributed by atoms with van der Waals surface area (Å²) in [6.07, 6.45) is 4.57. The lowest BCUT2D eigenvalue weighted by atomic mass is 9.83. The lowest BCUT2D eigenvalue weighted by Crippen LogP contribution is -2.25. The number of carbonyl (C=O) groups excluding carboxylic acids is 1. The highest BCUT2D eigenvalue weighted by atomic mass is 16.5. The molecule has 0 aliphatic carbocycles. The first kappa shape index (κ1) is 18.9. The first-order valence-electron chi connectivity index (χ1n) is 8.54. The molecule has 1 atom stereocenters. The van der Waals surface area contributed by atoms with E-state index < -0.39 is 11.9 Å². The zero-order valence-electron chi connectivity index (χ0n) is 15.4. The predicted octanol–water partition coefficient (Wildman–Crippen LogP) is 2.91. The van der Waals surface area contributed by atoms with Crippen molar-refractivity contribution in [1.82, 2.24) is 9.97 Å². The molecule has 1 aromatic carbocycles. The fraction of sp³-hybridized carbons (Fsp3) is 0.200. The lowest BCUT2D eigenvalue weighted by Gasteiger charge is -2.26. The van der Waals surface area contributed by atoms with Crippen molar-refractivity contribution < 1.29 is 19.0 Å². The molecule has 2 aromatic rings. The molecule has 142 valence electrons. The second-order valence-electron chi connectivity index (χ2n) is 5.83. The summed E-state index contributed by atoms with van der Waals surface area (Å²) in [4.78, 5) is 20.5. The molecular formula is C20H18N4O4. The van der Waals surface area contributed by atoms with Crippen LogP contribution in [0, 0.1) is 11.3 Å². The van der Waals surface area contributed by atoms with Gasteiger partial charge in [-0.3, -0.25) is 4.98 Å². The van der Waals surface area contributed by atoms with E-state index in [4.69, 9.17) is 19.9 Å². The van der Waals surface area contributed by atoms with Crippen LogP contribution in [-0.2, 0) is 14.3 Å². The van der Waals surface area contributed by atoms with Crippen LogP contribution in [0.4, 0.5) is 0 Å². The van der Waals surface area contributed by atoms with E-state index in [9.17, 15) is 10.1 Å². The van der Waals surface area contributed by atoms with Gasteiger partial charge in [0.25, 0.3) is 0 Å². The molecule has 0 spiro atoms. The van der Waals surface area contributed by atoms with E-state index in [1.54, 1.807) is 44.3 Å². The second kappa shape index (κ2) is 8.22. The Morgan fingerprint density at radius 3 is 2.68 bits per heavy atom. The number of aromatic nitrogens is 2. The topological polar surface area (TPSA) is 120 Å². The van der Waals surface area contributed by atoms with Gasteiger partial charge in [0.15, 0.2) is 0 Å². The maximum atomic E-state index is 12.5. The number of nitrogens with zero attached hydrogens (tertiary/aromatic N) is 3. The third kappa shape index (κ3) is 3.78. The third-order valence-electron chi connectivity index (χ3n) is 4.08. The standard InChI is InChI=1S/C20H18N4O4/c1-3-26-20(25)17-12(2)27-19(22)15(10-21)18(17)13-4-6-14(7-5-13)28-16-11-23-8-9-24-16/h4-9,11,18H,3,22H2,1-2H3. The van der Waals surface area contributed by atoms with E-state index in [2.05, 4.69) is 9.97 Å². The van der Waals surface area contributed by atoms with Crippen molar-refractivity contribution in [3.63, 3.8) is 0 Å². The number of benzene rings is 1. The summed E-state index contributed by atoms with van der Waals surface area (Å²) in [5.74, 6) is -0.0810. The average Bonchev–Trinajstić information content (AvgIpc) is 2.69. The molecule has 1 unspecified atom stereocenters. The normalized spacial score (nSPS) is 16.2. The van der Waals surface area contributed by atoms with Gasteiger partial charge in [0.05, 0.1) is 24.3 Å². The van der Waals surface area contributed by atoms with Crippen LogP contribution in [0.2, 0.25) is 0 Å². The summed E-state index contributed by atoms with van der Waals surface area (Å²) >= 11 is 0. The molecular weight excluding hydrogens is 360 g/mol. The number of nitrogens with two attached hydrogens (primary N) is 1. The minimum absolute atomic E-state index is 0.0297. The predicted molar refractivity (Wildman–Crippen MR) is 98.5 cm³/mol. The molecule has 1 aromatic heterocycles. The number of ether oxygens (including phenoxy) is 3. The minimum Gasteiger partial charge on any atom is -0.463 e. The summed E-state index contributed by atoms with van der Waals surface area (Å²) in [6.45, 7) is 3.53. The number of esters is 1. The molecule has 3 rings (SSSR count). The van der Waals surface area contributed by atoms with Crippen LogP contribution in [0.1, 0.15) is 25.3 Å². The Morgan fingerprint density at radius 1 is 1.32 bits per heavy atom. The molecule has 0 fully saturated rings. The van der Waals surface area contributed by atoms with E-state index >= 15 is 0 Å². The molecule has 2 heterocycles.